The number of hydrogen-bond acceptors (Lipinski definition) is 5. The van der Waals surface area contributed by atoms with Crippen LogP contribution in [0.1, 0.15) is 36.0 Å². The molecule has 0 radical (unpaired) electrons. The maximum absolute atomic E-state index is 13.0. The predicted molar refractivity (Wildman–Crippen MR) is 112 cm³/mol. The second-order valence-electron chi connectivity index (χ2n) is 8.32. The van der Waals surface area contributed by atoms with Crippen molar-refractivity contribution in [3.8, 4) is 0 Å². The standard InChI is InChI=1S/C21H32N4O3S/c26-21(24-16-14-23(15-17-24)13-12-22-8-1-2-9-22)19-6-5-7-20(18-19)29(27,28)25-10-3-4-11-25/h5-7,18H,1-4,8-17H2. The number of piperazine rings is 1. The van der Waals surface area contributed by atoms with Crippen molar-refractivity contribution in [3.05, 3.63) is 29.8 Å². The fraction of sp³-hybridized carbons (Fsp3) is 0.667. The van der Waals surface area contributed by atoms with Gasteiger partial charge in [-0.25, -0.2) is 8.42 Å². The van der Waals surface area contributed by atoms with Crippen molar-refractivity contribution in [2.75, 3.05) is 65.4 Å². The lowest BCUT2D eigenvalue weighted by Crippen LogP contribution is -2.50. The molecule has 1 aromatic rings. The summed E-state index contributed by atoms with van der Waals surface area (Å²) in [5.41, 5.74) is 0.468. The van der Waals surface area contributed by atoms with Crippen molar-refractivity contribution in [2.45, 2.75) is 30.6 Å². The molecule has 7 nitrogen and oxygen atoms in total. The highest BCUT2D eigenvalue weighted by atomic mass is 32.2. The summed E-state index contributed by atoms with van der Waals surface area (Å²) >= 11 is 0. The van der Waals surface area contributed by atoms with Gasteiger partial charge in [0.1, 0.15) is 0 Å². The van der Waals surface area contributed by atoms with E-state index in [4.69, 9.17) is 0 Å². The van der Waals surface area contributed by atoms with E-state index in [2.05, 4.69) is 9.80 Å². The van der Waals surface area contributed by atoms with E-state index in [-0.39, 0.29) is 10.8 Å². The number of carbonyl (C=O) groups excluding carboxylic acids is 1. The fourth-order valence-corrected chi connectivity index (χ4v) is 6.08. The minimum atomic E-state index is -3.50. The van der Waals surface area contributed by atoms with Crippen LogP contribution in [0.2, 0.25) is 0 Å². The van der Waals surface area contributed by atoms with Crippen molar-refractivity contribution in [3.63, 3.8) is 0 Å². The second kappa shape index (κ2) is 9.12. The molecule has 3 aliphatic rings. The van der Waals surface area contributed by atoms with Crippen LogP contribution in [0.3, 0.4) is 0 Å². The molecule has 0 saturated carbocycles. The number of sulfonamides is 1. The minimum absolute atomic E-state index is 0.0670. The number of carbonyl (C=O) groups is 1. The van der Waals surface area contributed by atoms with Crippen LogP contribution in [0.4, 0.5) is 0 Å². The smallest absolute Gasteiger partial charge is 0.253 e. The van der Waals surface area contributed by atoms with Gasteiger partial charge in [0.15, 0.2) is 0 Å². The maximum Gasteiger partial charge on any atom is 0.253 e. The monoisotopic (exact) mass is 420 g/mol. The molecule has 160 valence electrons. The van der Waals surface area contributed by atoms with Crippen LogP contribution >= 0.6 is 0 Å². The maximum atomic E-state index is 13.0. The van der Waals surface area contributed by atoms with Gasteiger partial charge in [-0.2, -0.15) is 4.31 Å². The number of rotatable bonds is 6. The van der Waals surface area contributed by atoms with Gasteiger partial charge in [0, 0.05) is 57.9 Å². The molecule has 3 saturated heterocycles. The molecule has 3 aliphatic heterocycles. The van der Waals surface area contributed by atoms with Crippen molar-refractivity contribution in [2.24, 2.45) is 0 Å². The molecular weight excluding hydrogens is 388 g/mol. The molecule has 1 amide bonds. The third-order valence-corrected chi connectivity index (χ3v) is 8.27. The summed E-state index contributed by atoms with van der Waals surface area (Å²) < 4.78 is 27.1. The lowest BCUT2D eigenvalue weighted by atomic mass is 10.2. The van der Waals surface area contributed by atoms with Crippen LogP contribution in [0.5, 0.6) is 0 Å². The highest BCUT2D eigenvalue weighted by Gasteiger charge is 2.29. The lowest BCUT2D eigenvalue weighted by Gasteiger charge is -2.35. The zero-order valence-electron chi connectivity index (χ0n) is 17.1. The van der Waals surface area contributed by atoms with E-state index in [9.17, 15) is 13.2 Å². The Morgan fingerprint density at radius 1 is 0.793 bits per heavy atom. The van der Waals surface area contributed by atoms with Crippen LogP contribution in [0.25, 0.3) is 0 Å². The van der Waals surface area contributed by atoms with E-state index in [1.165, 1.54) is 30.2 Å². The number of benzene rings is 1. The Morgan fingerprint density at radius 2 is 1.38 bits per heavy atom. The molecule has 0 aromatic heterocycles. The van der Waals surface area contributed by atoms with Crippen molar-refractivity contribution in [1.29, 1.82) is 0 Å². The number of nitrogens with zero attached hydrogens (tertiary/aromatic N) is 4. The Kier molecular flexibility index (Phi) is 6.53. The molecule has 3 fully saturated rings. The summed E-state index contributed by atoms with van der Waals surface area (Å²) in [5, 5.41) is 0. The van der Waals surface area contributed by atoms with E-state index in [1.807, 2.05) is 4.90 Å². The highest BCUT2D eigenvalue weighted by Crippen LogP contribution is 2.22. The Labute approximate surface area is 174 Å². The van der Waals surface area contributed by atoms with Gasteiger partial charge >= 0.3 is 0 Å². The Bertz CT molecular complexity index is 809. The third-order valence-electron chi connectivity index (χ3n) is 6.37. The molecule has 29 heavy (non-hydrogen) atoms. The van der Waals surface area contributed by atoms with Crippen LogP contribution in [-0.2, 0) is 10.0 Å². The first-order chi connectivity index (χ1) is 14.0. The van der Waals surface area contributed by atoms with Crippen molar-refractivity contribution < 1.29 is 13.2 Å². The zero-order valence-corrected chi connectivity index (χ0v) is 17.9. The van der Waals surface area contributed by atoms with Gasteiger partial charge in [0.25, 0.3) is 5.91 Å². The third kappa shape index (κ3) is 4.82. The SMILES string of the molecule is O=C(c1cccc(S(=O)(=O)N2CCCC2)c1)N1CCN(CCN2CCCC2)CC1. The van der Waals surface area contributed by atoms with Crippen LogP contribution in [-0.4, -0.2) is 98.8 Å². The molecule has 0 unspecified atom stereocenters. The average Bonchev–Trinajstić information content (AvgIpc) is 3.46. The van der Waals surface area contributed by atoms with E-state index >= 15 is 0 Å². The summed E-state index contributed by atoms with van der Waals surface area (Å²) in [5.74, 6) is -0.0670. The van der Waals surface area contributed by atoms with Crippen molar-refractivity contribution >= 4 is 15.9 Å². The predicted octanol–water partition coefficient (Wildman–Crippen LogP) is 1.32. The molecular formula is C21H32N4O3S. The number of amides is 1. The lowest BCUT2D eigenvalue weighted by molar-refractivity contribution is 0.0626. The first-order valence-corrected chi connectivity index (χ1v) is 12.3. The molecule has 0 atom stereocenters. The van der Waals surface area contributed by atoms with Gasteiger partial charge in [0.2, 0.25) is 10.0 Å². The van der Waals surface area contributed by atoms with Crippen molar-refractivity contribution in [1.82, 2.24) is 19.0 Å². The molecule has 3 heterocycles. The quantitative estimate of drug-likeness (QED) is 0.695. The molecule has 0 bridgehead atoms. The summed E-state index contributed by atoms with van der Waals surface area (Å²) in [6.45, 7) is 8.90. The summed E-state index contributed by atoms with van der Waals surface area (Å²) in [7, 11) is -3.50. The van der Waals surface area contributed by atoms with Gasteiger partial charge in [0.05, 0.1) is 4.90 Å². The zero-order chi connectivity index (χ0) is 20.3. The molecule has 1 aromatic carbocycles. The number of hydrogen-bond donors (Lipinski definition) is 0. The fourth-order valence-electron chi connectivity index (χ4n) is 4.51. The first-order valence-electron chi connectivity index (χ1n) is 10.9. The van der Waals surface area contributed by atoms with E-state index in [1.54, 1.807) is 24.3 Å². The van der Waals surface area contributed by atoms with Gasteiger partial charge in [-0.1, -0.05) is 6.07 Å². The normalized spacial score (nSPS) is 22.4. The van der Waals surface area contributed by atoms with Gasteiger partial charge in [-0.05, 0) is 57.0 Å². The van der Waals surface area contributed by atoms with Crippen LogP contribution in [0, 0.1) is 0 Å². The molecule has 4 rings (SSSR count). The van der Waals surface area contributed by atoms with Gasteiger partial charge in [-0.15, -0.1) is 0 Å². The Morgan fingerprint density at radius 3 is 2.03 bits per heavy atom. The summed E-state index contributed by atoms with van der Waals surface area (Å²) in [6.07, 6.45) is 4.43. The van der Waals surface area contributed by atoms with Crippen LogP contribution in [0.15, 0.2) is 29.2 Å². The molecule has 8 heteroatoms. The van der Waals surface area contributed by atoms with E-state index < -0.39 is 10.0 Å². The Hall–Kier alpha value is -1.48. The molecule has 0 aliphatic carbocycles. The largest absolute Gasteiger partial charge is 0.336 e. The number of likely N-dealkylation sites (tertiary alicyclic amines) is 1. The molecule has 0 N–H and O–H groups in total. The summed E-state index contributed by atoms with van der Waals surface area (Å²) in [4.78, 5) is 20.0. The van der Waals surface area contributed by atoms with Gasteiger partial charge in [-0.3, -0.25) is 9.69 Å². The Balaban J connectivity index is 1.34. The van der Waals surface area contributed by atoms with Gasteiger partial charge < -0.3 is 9.80 Å². The second-order valence-corrected chi connectivity index (χ2v) is 10.3. The van der Waals surface area contributed by atoms with E-state index in [0.29, 0.717) is 31.7 Å². The topological polar surface area (TPSA) is 64.2 Å². The highest BCUT2D eigenvalue weighted by molar-refractivity contribution is 7.89. The van der Waals surface area contributed by atoms with E-state index in [0.717, 1.165) is 39.0 Å². The van der Waals surface area contributed by atoms with Crippen LogP contribution < -0.4 is 0 Å². The first kappa shape index (κ1) is 20.8. The minimum Gasteiger partial charge on any atom is -0.336 e. The molecule has 0 spiro atoms. The summed E-state index contributed by atoms with van der Waals surface area (Å²) in [6, 6.07) is 6.56. The average molecular weight is 421 g/mol.